The van der Waals surface area contributed by atoms with Gasteiger partial charge in [-0.15, -0.1) is 0 Å². The van der Waals surface area contributed by atoms with Crippen LogP contribution in [0.25, 0.3) is 0 Å². The summed E-state index contributed by atoms with van der Waals surface area (Å²) in [5.41, 5.74) is 5.75. The molecule has 21 heavy (non-hydrogen) atoms. The second-order valence-corrected chi connectivity index (χ2v) is 6.21. The molecule has 0 bridgehead atoms. The van der Waals surface area contributed by atoms with Gasteiger partial charge in [-0.25, -0.2) is 0 Å². The quantitative estimate of drug-likeness (QED) is 0.806. The zero-order chi connectivity index (χ0) is 15.0. The molecule has 0 saturated carbocycles. The van der Waals surface area contributed by atoms with Crippen LogP contribution in [0.15, 0.2) is 36.4 Å². The topological polar surface area (TPSA) is 32.3 Å². The Hall–Kier alpha value is -1.96. The highest BCUT2D eigenvalue weighted by atomic mass is 16.3. The minimum Gasteiger partial charge on any atom is -0.507 e. The SMILES string of the molecule is Cc1ccc(NC2CCC(C)c3ccccc32)c(C)c1O. The summed E-state index contributed by atoms with van der Waals surface area (Å²) in [7, 11) is 0. The molecule has 2 N–H and O–H groups in total. The molecule has 1 aliphatic rings. The molecule has 3 rings (SSSR count). The van der Waals surface area contributed by atoms with E-state index in [0.717, 1.165) is 23.2 Å². The van der Waals surface area contributed by atoms with Crippen molar-refractivity contribution in [2.24, 2.45) is 0 Å². The average molecular weight is 281 g/mol. The van der Waals surface area contributed by atoms with Crippen molar-refractivity contribution in [2.75, 3.05) is 5.32 Å². The maximum Gasteiger partial charge on any atom is 0.123 e. The number of phenols is 1. The standard InChI is InChI=1S/C19H23NO/c1-12-8-11-18(16-7-5-4-6-15(12)16)20-17-10-9-13(2)19(21)14(17)3/h4-7,9-10,12,18,20-21H,8,11H2,1-3H3. The lowest BCUT2D eigenvalue weighted by Gasteiger charge is -2.31. The highest BCUT2D eigenvalue weighted by molar-refractivity contribution is 5.60. The molecule has 110 valence electrons. The molecule has 0 fully saturated rings. The van der Waals surface area contributed by atoms with Crippen LogP contribution in [0.1, 0.15) is 54.0 Å². The van der Waals surface area contributed by atoms with E-state index >= 15 is 0 Å². The molecule has 2 aromatic rings. The molecule has 0 heterocycles. The van der Waals surface area contributed by atoms with Gasteiger partial charge in [0.05, 0.1) is 6.04 Å². The smallest absolute Gasteiger partial charge is 0.123 e. The number of fused-ring (bicyclic) bond motifs is 1. The van der Waals surface area contributed by atoms with E-state index in [0.29, 0.717) is 17.7 Å². The number of hydrogen-bond donors (Lipinski definition) is 2. The van der Waals surface area contributed by atoms with Gasteiger partial charge in [-0.3, -0.25) is 0 Å². The third-order valence-corrected chi connectivity index (χ3v) is 4.75. The molecule has 0 amide bonds. The molecular formula is C19H23NO. The molecule has 2 atom stereocenters. The summed E-state index contributed by atoms with van der Waals surface area (Å²) < 4.78 is 0. The number of hydrogen-bond acceptors (Lipinski definition) is 2. The number of aromatic hydroxyl groups is 1. The number of aryl methyl sites for hydroxylation is 1. The van der Waals surface area contributed by atoms with Crippen LogP contribution in [0.2, 0.25) is 0 Å². The first-order chi connectivity index (χ1) is 10.1. The first-order valence-corrected chi connectivity index (χ1v) is 7.72. The zero-order valence-electron chi connectivity index (χ0n) is 13.0. The van der Waals surface area contributed by atoms with Gasteiger partial charge in [0.25, 0.3) is 0 Å². The summed E-state index contributed by atoms with van der Waals surface area (Å²) in [6.45, 7) is 6.21. The number of benzene rings is 2. The first kappa shape index (κ1) is 14.0. The van der Waals surface area contributed by atoms with E-state index in [1.54, 1.807) is 0 Å². The Morgan fingerprint density at radius 2 is 1.71 bits per heavy atom. The molecule has 2 nitrogen and oxygen atoms in total. The zero-order valence-corrected chi connectivity index (χ0v) is 13.0. The van der Waals surface area contributed by atoms with Gasteiger partial charge >= 0.3 is 0 Å². The van der Waals surface area contributed by atoms with Crippen molar-refractivity contribution in [1.82, 2.24) is 0 Å². The van der Waals surface area contributed by atoms with E-state index in [2.05, 4.69) is 42.6 Å². The summed E-state index contributed by atoms with van der Waals surface area (Å²) >= 11 is 0. The fourth-order valence-corrected chi connectivity index (χ4v) is 3.33. The Morgan fingerprint density at radius 1 is 1.00 bits per heavy atom. The molecule has 0 aliphatic heterocycles. The molecule has 2 unspecified atom stereocenters. The van der Waals surface area contributed by atoms with Crippen molar-refractivity contribution < 1.29 is 5.11 Å². The maximum atomic E-state index is 10.1. The molecule has 2 aromatic carbocycles. The van der Waals surface area contributed by atoms with Crippen LogP contribution in [-0.2, 0) is 0 Å². The molecule has 0 aromatic heterocycles. The van der Waals surface area contributed by atoms with E-state index in [4.69, 9.17) is 0 Å². The highest BCUT2D eigenvalue weighted by Crippen LogP contribution is 2.40. The summed E-state index contributed by atoms with van der Waals surface area (Å²) in [6, 6.07) is 13.1. The van der Waals surface area contributed by atoms with Gasteiger partial charge in [-0.05, 0) is 55.4 Å². The Morgan fingerprint density at radius 3 is 2.48 bits per heavy atom. The largest absolute Gasteiger partial charge is 0.507 e. The van der Waals surface area contributed by atoms with Crippen molar-refractivity contribution in [2.45, 2.75) is 45.6 Å². The summed E-state index contributed by atoms with van der Waals surface area (Å²) in [6.07, 6.45) is 2.33. The second-order valence-electron chi connectivity index (χ2n) is 6.21. The van der Waals surface area contributed by atoms with Crippen LogP contribution < -0.4 is 5.32 Å². The van der Waals surface area contributed by atoms with Crippen LogP contribution in [-0.4, -0.2) is 5.11 Å². The number of rotatable bonds is 2. The minimum absolute atomic E-state index is 0.332. The van der Waals surface area contributed by atoms with Crippen molar-refractivity contribution in [3.05, 3.63) is 58.7 Å². The van der Waals surface area contributed by atoms with E-state index in [1.807, 2.05) is 19.9 Å². The van der Waals surface area contributed by atoms with Crippen LogP contribution in [0.4, 0.5) is 5.69 Å². The second kappa shape index (κ2) is 5.44. The maximum absolute atomic E-state index is 10.1. The number of anilines is 1. The van der Waals surface area contributed by atoms with E-state index < -0.39 is 0 Å². The van der Waals surface area contributed by atoms with Gasteiger partial charge in [0.2, 0.25) is 0 Å². The van der Waals surface area contributed by atoms with Gasteiger partial charge in [0.15, 0.2) is 0 Å². The molecule has 2 heteroatoms. The van der Waals surface area contributed by atoms with Crippen LogP contribution >= 0.6 is 0 Å². The number of nitrogens with one attached hydrogen (secondary N) is 1. The molecule has 1 aliphatic carbocycles. The van der Waals surface area contributed by atoms with Gasteiger partial charge in [-0.1, -0.05) is 37.3 Å². The third-order valence-electron chi connectivity index (χ3n) is 4.75. The average Bonchev–Trinajstić information content (AvgIpc) is 2.50. The Balaban J connectivity index is 1.93. The van der Waals surface area contributed by atoms with Crippen LogP contribution in [0.3, 0.4) is 0 Å². The van der Waals surface area contributed by atoms with Crippen LogP contribution in [0, 0.1) is 13.8 Å². The van der Waals surface area contributed by atoms with Crippen molar-refractivity contribution in [3.8, 4) is 5.75 Å². The predicted molar refractivity (Wildman–Crippen MR) is 88.0 cm³/mol. The predicted octanol–water partition coefficient (Wildman–Crippen LogP) is 5.06. The van der Waals surface area contributed by atoms with E-state index in [1.165, 1.54) is 17.5 Å². The van der Waals surface area contributed by atoms with Gasteiger partial charge in [-0.2, -0.15) is 0 Å². The molecule has 0 spiro atoms. The van der Waals surface area contributed by atoms with E-state index in [-0.39, 0.29) is 0 Å². The van der Waals surface area contributed by atoms with Gasteiger partial charge < -0.3 is 10.4 Å². The number of phenolic OH excluding ortho intramolecular Hbond substituents is 1. The molecule has 0 radical (unpaired) electrons. The summed E-state index contributed by atoms with van der Waals surface area (Å²) in [5, 5.41) is 13.7. The van der Waals surface area contributed by atoms with Gasteiger partial charge in [0.1, 0.15) is 5.75 Å². The van der Waals surface area contributed by atoms with Gasteiger partial charge in [0, 0.05) is 11.3 Å². The van der Waals surface area contributed by atoms with Crippen LogP contribution in [0.5, 0.6) is 5.75 Å². The third kappa shape index (κ3) is 2.51. The van der Waals surface area contributed by atoms with Crippen molar-refractivity contribution in [1.29, 1.82) is 0 Å². The monoisotopic (exact) mass is 281 g/mol. The summed E-state index contributed by atoms with van der Waals surface area (Å²) in [4.78, 5) is 0. The normalized spacial score (nSPS) is 20.9. The Kier molecular flexibility index (Phi) is 3.62. The minimum atomic E-state index is 0.332. The fourth-order valence-electron chi connectivity index (χ4n) is 3.33. The summed E-state index contributed by atoms with van der Waals surface area (Å²) in [5.74, 6) is 1.03. The lowest BCUT2D eigenvalue weighted by molar-refractivity contribution is 0.467. The van der Waals surface area contributed by atoms with E-state index in [9.17, 15) is 5.11 Å². The Bertz CT molecular complexity index is 663. The van der Waals surface area contributed by atoms with Crippen molar-refractivity contribution in [3.63, 3.8) is 0 Å². The molecule has 0 saturated heterocycles. The lowest BCUT2D eigenvalue weighted by atomic mass is 9.81. The fraction of sp³-hybridized carbons (Fsp3) is 0.368. The lowest BCUT2D eigenvalue weighted by Crippen LogP contribution is -2.19. The first-order valence-electron chi connectivity index (χ1n) is 7.72. The highest BCUT2D eigenvalue weighted by Gasteiger charge is 2.24. The Labute approximate surface area is 126 Å². The molecular weight excluding hydrogens is 258 g/mol. The van der Waals surface area contributed by atoms with Crippen molar-refractivity contribution >= 4 is 5.69 Å².